The minimum atomic E-state index is -4.64. The van der Waals surface area contributed by atoms with Gasteiger partial charge >= 0.3 is 6.18 Å². The maximum atomic E-state index is 13.4. The first-order chi connectivity index (χ1) is 21.4. The molecule has 0 bridgehead atoms. The van der Waals surface area contributed by atoms with Crippen LogP contribution in [0.2, 0.25) is 0 Å². The molecule has 0 fully saturated rings. The van der Waals surface area contributed by atoms with Crippen molar-refractivity contribution in [1.82, 2.24) is 5.32 Å². The molecule has 0 aliphatic carbocycles. The van der Waals surface area contributed by atoms with Crippen molar-refractivity contribution in [1.29, 1.82) is 0 Å². The topological polar surface area (TPSA) is 130 Å². The molecule has 4 rings (SSSR count). The molecule has 0 saturated carbocycles. The number of carbonyl (C=O) groups excluding carboxylic acids is 3. The van der Waals surface area contributed by atoms with Gasteiger partial charge < -0.3 is 16.0 Å². The number of halogens is 3. The van der Waals surface area contributed by atoms with E-state index in [1.54, 1.807) is 54.6 Å². The smallest absolute Gasteiger partial charge is 0.325 e. The number of hydrogen-bond acceptors (Lipinski definition) is 6. The van der Waals surface area contributed by atoms with Crippen LogP contribution in [0.4, 0.5) is 30.2 Å². The number of non-ortho nitro benzene ring substituents is 1. The number of carbonyl (C=O) groups is 3. The molecule has 4 aromatic rings. The molecule has 0 radical (unpaired) electrons. The lowest BCUT2D eigenvalue weighted by Crippen LogP contribution is -2.30. The zero-order chi connectivity index (χ0) is 32.6. The molecule has 3 amide bonds. The van der Waals surface area contributed by atoms with Crippen LogP contribution in [-0.4, -0.2) is 27.9 Å². The molecular weight excluding hydrogens is 609 g/mol. The summed E-state index contributed by atoms with van der Waals surface area (Å²) >= 11 is 1.06. The van der Waals surface area contributed by atoms with Crippen LogP contribution >= 0.6 is 11.8 Å². The van der Waals surface area contributed by atoms with Crippen LogP contribution in [0.1, 0.15) is 28.4 Å². The van der Waals surface area contributed by atoms with Gasteiger partial charge in [0.05, 0.1) is 21.4 Å². The summed E-state index contributed by atoms with van der Waals surface area (Å²) in [7, 11) is 0. The molecular formula is C32H25F3N4O5S. The van der Waals surface area contributed by atoms with Crippen LogP contribution in [0, 0.1) is 10.1 Å². The Kier molecular flexibility index (Phi) is 10.4. The summed E-state index contributed by atoms with van der Waals surface area (Å²) in [6, 6.07) is 24.7. The molecule has 230 valence electrons. The molecule has 0 saturated heterocycles. The number of thioether (sulfide) groups is 1. The zero-order valence-electron chi connectivity index (χ0n) is 23.5. The Labute approximate surface area is 259 Å². The van der Waals surface area contributed by atoms with Gasteiger partial charge in [-0.15, -0.1) is 11.8 Å². The monoisotopic (exact) mass is 634 g/mol. The average molecular weight is 635 g/mol. The molecule has 0 aliphatic rings. The van der Waals surface area contributed by atoms with Crippen molar-refractivity contribution in [2.24, 2.45) is 0 Å². The van der Waals surface area contributed by atoms with Gasteiger partial charge in [0.25, 0.3) is 17.5 Å². The van der Waals surface area contributed by atoms with E-state index in [0.29, 0.717) is 21.7 Å². The minimum Gasteiger partial charge on any atom is -0.325 e. The van der Waals surface area contributed by atoms with E-state index >= 15 is 0 Å². The predicted octanol–water partition coefficient (Wildman–Crippen LogP) is 7.14. The van der Waals surface area contributed by atoms with Gasteiger partial charge in [0.1, 0.15) is 5.70 Å². The maximum Gasteiger partial charge on any atom is 0.418 e. The number of benzene rings is 4. The highest BCUT2D eigenvalue weighted by Gasteiger charge is 2.34. The zero-order valence-corrected chi connectivity index (χ0v) is 24.3. The van der Waals surface area contributed by atoms with Crippen molar-refractivity contribution in [3.63, 3.8) is 0 Å². The number of rotatable bonds is 10. The maximum absolute atomic E-state index is 13.4. The molecule has 9 nitrogen and oxygen atoms in total. The fourth-order valence-corrected chi connectivity index (χ4v) is 4.90. The van der Waals surface area contributed by atoms with E-state index in [1.165, 1.54) is 55.5 Å². The first-order valence-electron chi connectivity index (χ1n) is 13.3. The Morgan fingerprint density at radius 1 is 0.867 bits per heavy atom. The molecule has 0 aliphatic heterocycles. The van der Waals surface area contributed by atoms with E-state index in [-0.39, 0.29) is 17.1 Å². The van der Waals surface area contributed by atoms with Gasteiger partial charge in [-0.2, -0.15) is 13.2 Å². The van der Waals surface area contributed by atoms with Crippen molar-refractivity contribution in [3.8, 4) is 0 Å². The number of nitrogens with zero attached hydrogens (tertiary/aromatic N) is 1. The molecule has 1 unspecified atom stereocenters. The molecule has 4 aromatic carbocycles. The van der Waals surface area contributed by atoms with E-state index in [4.69, 9.17) is 0 Å². The summed E-state index contributed by atoms with van der Waals surface area (Å²) in [4.78, 5) is 50.0. The fourth-order valence-electron chi connectivity index (χ4n) is 3.98. The summed E-state index contributed by atoms with van der Waals surface area (Å²) in [5, 5.41) is 17.8. The second-order valence-corrected chi connectivity index (χ2v) is 10.9. The first-order valence-corrected chi connectivity index (χ1v) is 14.2. The molecule has 1 atom stereocenters. The van der Waals surface area contributed by atoms with Crippen molar-refractivity contribution in [2.75, 3.05) is 10.6 Å². The van der Waals surface area contributed by atoms with Crippen LogP contribution in [0.5, 0.6) is 0 Å². The number of hydrogen-bond donors (Lipinski definition) is 3. The molecule has 13 heteroatoms. The van der Waals surface area contributed by atoms with E-state index in [2.05, 4.69) is 16.0 Å². The Balaban J connectivity index is 1.50. The second-order valence-electron chi connectivity index (χ2n) is 9.50. The van der Waals surface area contributed by atoms with Gasteiger partial charge in [-0.1, -0.05) is 36.4 Å². The standard InChI is InChI=1S/C32H25F3N4O5S/c1-20(29(40)37-27-13-6-5-12-26(27)32(33,34)35)45-25-11-7-10-23(19-25)36-31(42)28(38-30(41)22-8-3-2-4-9-22)18-21-14-16-24(17-15-21)39(43)44/h2-20H,1H3,(H,36,42)(H,37,40)(H,38,41)/b28-18+. The highest BCUT2D eigenvalue weighted by Crippen LogP contribution is 2.35. The van der Waals surface area contributed by atoms with Gasteiger partial charge in [-0.05, 0) is 73.2 Å². The highest BCUT2D eigenvalue weighted by atomic mass is 32.2. The summed E-state index contributed by atoms with van der Waals surface area (Å²) < 4.78 is 40.0. The van der Waals surface area contributed by atoms with Crippen molar-refractivity contribution in [2.45, 2.75) is 23.2 Å². The lowest BCUT2D eigenvalue weighted by molar-refractivity contribution is -0.384. The van der Waals surface area contributed by atoms with E-state index in [1.807, 2.05) is 0 Å². The third-order valence-corrected chi connectivity index (χ3v) is 7.30. The third-order valence-electron chi connectivity index (χ3n) is 6.21. The Bertz CT molecular complexity index is 1750. The predicted molar refractivity (Wildman–Crippen MR) is 165 cm³/mol. The van der Waals surface area contributed by atoms with Gasteiger partial charge in [-0.3, -0.25) is 24.5 Å². The second kappa shape index (κ2) is 14.4. The largest absolute Gasteiger partial charge is 0.418 e. The quantitative estimate of drug-likeness (QED) is 0.0736. The number of amides is 3. The molecule has 45 heavy (non-hydrogen) atoms. The number of nitro groups is 1. The van der Waals surface area contributed by atoms with Gasteiger partial charge in [0, 0.05) is 28.3 Å². The van der Waals surface area contributed by atoms with Crippen LogP contribution in [0.3, 0.4) is 0 Å². The SMILES string of the molecule is CC(Sc1cccc(NC(=O)/C(=C\c2ccc([N+](=O)[O-])cc2)NC(=O)c2ccccc2)c1)C(=O)Nc1ccccc1C(F)(F)F. The number of para-hydroxylation sites is 1. The van der Waals surface area contributed by atoms with Crippen molar-refractivity contribution in [3.05, 3.63) is 136 Å². The average Bonchev–Trinajstić information content (AvgIpc) is 3.01. The molecule has 3 N–H and O–H groups in total. The van der Waals surface area contributed by atoms with Crippen molar-refractivity contribution >= 4 is 52.6 Å². The third kappa shape index (κ3) is 9.03. The minimum absolute atomic E-state index is 0.145. The highest BCUT2D eigenvalue weighted by molar-refractivity contribution is 8.00. The lowest BCUT2D eigenvalue weighted by Gasteiger charge is -2.16. The summed E-state index contributed by atoms with van der Waals surface area (Å²) in [5.41, 5.74) is -0.590. The van der Waals surface area contributed by atoms with Crippen LogP contribution < -0.4 is 16.0 Å². The first kappa shape index (κ1) is 32.5. The van der Waals surface area contributed by atoms with Gasteiger partial charge in [0.2, 0.25) is 5.91 Å². The number of alkyl halides is 3. The number of anilines is 2. The number of nitrogens with one attached hydrogen (secondary N) is 3. The molecule has 0 heterocycles. The van der Waals surface area contributed by atoms with Crippen LogP contribution in [-0.2, 0) is 15.8 Å². The normalized spacial score (nSPS) is 12.1. The fraction of sp³-hybridized carbons (Fsp3) is 0.0938. The van der Waals surface area contributed by atoms with Crippen molar-refractivity contribution < 1.29 is 32.5 Å². The Morgan fingerprint density at radius 2 is 1.53 bits per heavy atom. The van der Waals surface area contributed by atoms with Gasteiger partial charge in [-0.25, -0.2) is 0 Å². The Hall–Kier alpha value is -5.43. The number of nitro benzene ring substituents is 1. The Morgan fingerprint density at radius 3 is 2.20 bits per heavy atom. The molecule has 0 aromatic heterocycles. The molecule has 0 spiro atoms. The van der Waals surface area contributed by atoms with E-state index in [0.717, 1.165) is 17.8 Å². The lowest BCUT2D eigenvalue weighted by atomic mass is 10.1. The summed E-state index contributed by atoms with van der Waals surface area (Å²) in [6.07, 6.45) is -3.27. The van der Waals surface area contributed by atoms with E-state index in [9.17, 15) is 37.7 Å². The van der Waals surface area contributed by atoms with Crippen LogP contribution in [0.25, 0.3) is 6.08 Å². The van der Waals surface area contributed by atoms with Crippen LogP contribution in [0.15, 0.2) is 114 Å². The summed E-state index contributed by atoms with van der Waals surface area (Å²) in [5.74, 6) is -1.91. The van der Waals surface area contributed by atoms with E-state index < -0.39 is 39.6 Å². The van der Waals surface area contributed by atoms with Gasteiger partial charge in [0.15, 0.2) is 0 Å². The summed E-state index contributed by atoms with van der Waals surface area (Å²) in [6.45, 7) is 1.53.